The summed E-state index contributed by atoms with van der Waals surface area (Å²) in [6.07, 6.45) is 0.490. The molecule has 4 N–H and O–H groups in total. The number of epoxide rings is 1. The van der Waals surface area contributed by atoms with Gasteiger partial charge >= 0.3 is 0 Å². The van der Waals surface area contributed by atoms with E-state index in [1.54, 1.807) is 0 Å². The van der Waals surface area contributed by atoms with E-state index in [0.29, 0.717) is 12.6 Å². The van der Waals surface area contributed by atoms with Crippen molar-refractivity contribution in [2.75, 3.05) is 39.3 Å². The van der Waals surface area contributed by atoms with Crippen LogP contribution in [0.5, 0.6) is 0 Å². The summed E-state index contributed by atoms with van der Waals surface area (Å²) in [5.74, 6) is 0. The van der Waals surface area contributed by atoms with Crippen LogP contribution >= 0.6 is 0 Å². The van der Waals surface area contributed by atoms with Crippen LogP contribution in [0.25, 0.3) is 0 Å². The Morgan fingerprint density at radius 3 is 2.64 bits per heavy atom. The summed E-state index contributed by atoms with van der Waals surface area (Å²) < 4.78 is 5.03. The van der Waals surface area contributed by atoms with Gasteiger partial charge in [-0.1, -0.05) is 0 Å². The third kappa shape index (κ3) is 5.15. The Hall–Kier alpha value is -0.160. The highest BCUT2D eigenvalue weighted by Gasteiger charge is 2.20. The second kappa shape index (κ2) is 5.49. The highest BCUT2D eigenvalue weighted by molar-refractivity contribution is 4.71. The number of nitrogens with one attached hydrogen (secondary N) is 2. The number of nitrogens with two attached hydrogens (primary N) is 1. The zero-order chi connectivity index (χ0) is 7.94. The molecule has 1 fully saturated rings. The SMILES string of the molecule is NCCNCCNCC1CO1. The van der Waals surface area contributed by atoms with Gasteiger partial charge in [-0.2, -0.15) is 0 Å². The Labute approximate surface area is 67.5 Å². The van der Waals surface area contributed by atoms with Crippen LogP contribution in [-0.4, -0.2) is 45.4 Å². The molecule has 0 aromatic carbocycles. The van der Waals surface area contributed by atoms with Gasteiger partial charge in [0.25, 0.3) is 0 Å². The average molecular weight is 159 g/mol. The zero-order valence-corrected chi connectivity index (χ0v) is 6.81. The summed E-state index contributed by atoms with van der Waals surface area (Å²) in [5.41, 5.74) is 5.30. The van der Waals surface area contributed by atoms with Gasteiger partial charge in [-0.3, -0.25) is 0 Å². The Morgan fingerprint density at radius 1 is 1.27 bits per heavy atom. The van der Waals surface area contributed by atoms with Gasteiger partial charge in [0.1, 0.15) is 0 Å². The van der Waals surface area contributed by atoms with Gasteiger partial charge in [-0.15, -0.1) is 0 Å². The molecule has 0 spiro atoms. The number of rotatable bonds is 7. The number of hydrogen-bond donors (Lipinski definition) is 3. The molecule has 1 unspecified atom stereocenters. The first-order chi connectivity index (χ1) is 5.43. The van der Waals surface area contributed by atoms with Crippen LogP contribution in [0.1, 0.15) is 0 Å². The largest absolute Gasteiger partial charge is 0.372 e. The van der Waals surface area contributed by atoms with E-state index in [9.17, 15) is 0 Å². The standard InChI is InChI=1S/C7H17N3O/c8-1-2-9-3-4-10-5-7-6-11-7/h7,9-10H,1-6,8H2. The van der Waals surface area contributed by atoms with Gasteiger partial charge in [0.05, 0.1) is 12.7 Å². The normalized spacial score (nSPS) is 22.1. The maximum absolute atomic E-state index is 5.30. The molecular formula is C7H17N3O. The summed E-state index contributed by atoms with van der Waals surface area (Å²) in [6.45, 7) is 5.53. The second-order valence-corrected chi connectivity index (χ2v) is 2.70. The third-order valence-corrected chi connectivity index (χ3v) is 1.57. The lowest BCUT2D eigenvalue weighted by Crippen LogP contribution is -2.32. The van der Waals surface area contributed by atoms with Crippen molar-refractivity contribution in [3.05, 3.63) is 0 Å². The second-order valence-electron chi connectivity index (χ2n) is 2.70. The fourth-order valence-corrected chi connectivity index (χ4v) is 0.853. The van der Waals surface area contributed by atoms with E-state index in [1.165, 1.54) is 0 Å². The van der Waals surface area contributed by atoms with E-state index >= 15 is 0 Å². The van der Waals surface area contributed by atoms with Crippen LogP contribution in [-0.2, 0) is 4.74 Å². The van der Waals surface area contributed by atoms with Crippen LogP contribution < -0.4 is 16.4 Å². The van der Waals surface area contributed by atoms with Gasteiger partial charge in [0, 0.05) is 32.7 Å². The molecule has 1 saturated heterocycles. The van der Waals surface area contributed by atoms with Gasteiger partial charge in [-0.05, 0) is 0 Å². The van der Waals surface area contributed by atoms with Crippen LogP contribution in [0.2, 0.25) is 0 Å². The minimum absolute atomic E-state index is 0.490. The molecule has 1 aliphatic heterocycles. The van der Waals surface area contributed by atoms with E-state index < -0.39 is 0 Å². The molecule has 1 rings (SSSR count). The van der Waals surface area contributed by atoms with Crippen molar-refractivity contribution in [1.29, 1.82) is 0 Å². The van der Waals surface area contributed by atoms with E-state index in [-0.39, 0.29) is 0 Å². The molecular weight excluding hydrogens is 142 g/mol. The highest BCUT2D eigenvalue weighted by Crippen LogP contribution is 2.05. The van der Waals surface area contributed by atoms with Crippen LogP contribution in [0.15, 0.2) is 0 Å². The lowest BCUT2D eigenvalue weighted by atomic mass is 10.4. The van der Waals surface area contributed by atoms with Crippen molar-refractivity contribution >= 4 is 0 Å². The van der Waals surface area contributed by atoms with E-state index in [0.717, 1.165) is 32.8 Å². The van der Waals surface area contributed by atoms with Crippen molar-refractivity contribution in [2.24, 2.45) is 5.73 Å². The summed E-state index contributed by atoms with van der Waals surface area (Å²) in [4.78, 5) is 0. The van der Waals surface area contributed by atoms with Crippen molar-refractivity contribution < 1.29 is 4.74 Å². The summed E-state index contributed by atoms with van der Waals surface area (Å²) >= 11 is 0. The fourth-order valence-electron chi connectivity index (χ4n) is 0.853. The van der Waals surface area contributed by atoms with Crippen molar-refractivity contribution in [1.82, 2.24) is 10.6 Å². The highest BCUT2D eigenvalue weighted by atomic mass is 16.6. The Bertz CT molecular complexity index is 95.7. The monoisotopic (exact) mass is 159 g/mol. The molecule has 0 bridgehead atoms. The molecule has 1 heterocycles. The van der Waals surface area contributed by atoms with E-state index in [1.807, 2.05) is 0 Å². The van der Waals surface area contributed by atoms with Gasteiger partial charge in [0.15, 0.2) is 0 Å². The molecule has 4 heteroatoms. The van der Waals surface area contributed by atoms with E-state index in [4.69, 9.17) is 10.5 Å². The topological polar surface area (TPSA) is 62.6 Å². The molecule has 0 aliphatic carbocycles. The minimum atomic E-state index is 0.490. The summed E-state index contributed by atoms with van der Waals surface area (Å²) in [5, 5.41) is 6.48. The van der Waals surface area contributed by atoms with Gasteiger partial charge < -0.3 is 21.1 Å². The van der Waals surface area contributed by atoms with Gasteiger partial charge in [-0.25, -0.2) is 0 Å². The van der Waals surface area contributed by atoms with Crippen LogP contribution in [0.3, 0.4) is 0 Å². The Kier molecular flexibility index (Phi) is 4.45. The predicted octanol–water partition coefficient (Wildman–Crippen LogP) is -1.48. The predicted molar refractivity (Wildman–Crippen MR) is 44.5 cm³/mol. The lowest BCUT2D eigenvalue weighted by Gasteiger charge is -2.03. The van der Waals surface area contributed by atoms with Crippen LogP contribution in [0.4, 0.5) is 0 Å². The van der Waals surface area contributed by atoms with E-state index in [2.05, 4.69) is 10.6 Å². The third-order valence-electron chi connectivity index (χ3n) is 1.57. The fraction of sp³-hybridized carbons (Fsp3) is 1.00. The molecule has 0 radical (unpaired) electrons. The van der Waals surface area contributed by atoms with Crippen LogP contribution in [0, 0.1) is 0 Å². The number of hydrogen-bond acceptors (Lipinski definition) is 4. The molecule has 1 aliphatic rings. The maximum Gasteiger partial charge on any atom is 0.0933 e. The lowest BCUT2D eigenvalue weighted by molar-refractivity contribution is 0.396. The molecule has 0 aromatic heterocycles. The van der Waals surface area contributed by atoms with Crippen molar-refractivity contribution in [2.45, 2.75) is 6.10 Å². The maximum atomic E-state index is 5.30. The molecule has 11 heavy (non-hydrogen) atoms. The van der Waals surface area contributed by atoms with Crippen molar-refractivity contribution in [3.63, 3.8) is 0 Å². The molecule has 1 atom stereocenters. The summed E-state index contributed by atoms with van der Waals surface area (Å²) in [7, 11) is 0. The zero-order valence-electron chi connectivity index (χ0n) is 6.81. The molecule has 0 aromatic rings. The first kappa shape index (κ1) is 8.93. The molecule has 0 amide bonds. The smallest absolute Gasteiger partial charge is 0.0933 e. The molecule has 4 nitrogen and oxygen atoms in total. The van der Waals surface area contributed by atoms with Gasteiger partial charge in [0.2, 0.25) is 0 Å². The molecule has 0 saturated carbocycles. The van der Waals surface area contributed by atoms with Crippen molar-refractivity contribution in [3.8, 4) is 0 Å². The Balaban J connectivity index is 1.66. The first-order valence-electron chi connectivity index (χ1n) is 4.16. The average Bonchev–Trinajstić information content (AvgIpc) is 2.80. The Morgan fingerprint density at radius 2 is 2.00 bits per heavy atom. The molecule has 66 valence electrons. The first-order valence-corrected chi connectivity index (χ1v) is 4.16. The minimum Gasteiger partial charge on any atom is -0.372 e. The quantitative estimate of drug-likeness (QED) is 0.313. The number of ether oxygens (including phenoxy) is 1. The summed E-state index contributed by atoms with van der Waals surface area (Å²) in [6, 6.07) is 0.